The van der Waals surface area contributed by atoms with E-state index in [1.807, 2.05) is 0 Å². The van der Waals surface area contributed by atoms with Crippen molar-refractivity contribution in [3.8, 4) is 0 Å². The maximum absolute atomic E-state index is 10.5. The molecule has 1 aromatic heterocycles. The summed E-state index contributed by atoms with van der Waals surface area (Å²) in [5.41, 5.74) is 4.23. The van der Waals surface area contributed by atoms with Crippen molar-refractivity contribution in [2.45, 2.75) is 90.7 Å². The first-order valence-electron chi connectivity index (χ1n) is 8.87. The Morgan fingerprint density at radius 3 is 2.38 bits per heavy atom. The van der Waals surface area contributed by atoms with E-state index in [1.54, 1.807) is 0 Å². The van der Waals surface area contributed by atoms with Gasteiger partial charge in [0.15, 0.2) is 0 Å². The van der Waals surface area contributed by atoms with Crippen molar-refractivity contribution in [2.24, 2.45) is 5.41 Å². The smallest absolute Gasteiger partial charge is 0.0812 e. The quantitative estimate of drug-likeness (QED) is 0.765. The van der Waals surface area contributed by atoms with E-state index in [2.05, 4.69) is 31.4 Å². The van der Waals surface area contributed by atoms with Crippen molar-refractivity contribution >= 4 is 0 Å². The highest BCUT2D eigenvalue weighted by Gasteiger charge is 2.35. The Kier molecular flexibility index (Phi) is 4.18. The SMILES string of the molecule is Cc1cc2c(n1C1CCCCCCC1)CC(C)(C)CC2O. The van der Waals surface area contributed by atoms with Crippen LogP contribution in [0.4, 0.5) is 0 Å². The number of hydrogen-bond donors (Lipinski definition) is 1. The second-order valence-electron chi connectivity index (χ2n) is 8.12. The van der Waals surface area contributed by atoms with Crippen LogP contribution in [0.15, 0.2) is 6.07 Å². The summed E-state index contributed by atoms with van der Waals surface area (Å²) in [7, 11) is 0. The Morgan fingerprint density at radius 2 is 1.71 bits per heavy atom. The molecule has 1 unspecified atom stereocenters. The van der Waals surface area contributed by atoms with Gasteiger partial charge in [-0.3, -0.25) is 0 Å². The molecule has 1 atom stereocenters. The lowest BCUT2D eigenvalue weighted by atomic mass is 9.75. The molecule has 118 valence electrons. The molecule has 0 aliphatic heterocycles. The molecular formula is C19H31NO. The van der Waals surface area contributed by atoms with Gasteiger partial charge in [0, 0.05) is 23.0 Å². The molecule has 2 heteroatoms. The van der Waals surface area contributed by atoms with E-state index < -0.39 is 0 Å². The molecular weight excluding hydrogens is 258 g/mol. The second kappa shape index (κ2) is 5.79. The van der Waals surface area contributed by atoms with Crippen molar-refractivity contribution in [1.82, 2.24) is 4.57 Å². The van der Waals surface area contributed by atoms with E-state index in [1.165, 1.54) is 61.9 Å². The lowest BCUT2D eigenvalue weighted by molar-refractivity contribution is 0.0971. The standard InChI is InChI=1S/C19H31NO/c1-14-11-16-17(12-19(2,3)13-18(16)21)20(14)15-9-7-5-4-6-8-10-15/h11,15,18,21H,4-10,12-13H2,1-3H3. The Morgan fingerprint density at radius 1 is 1.10 bits per heavy atom. The molecule has 0 amide bonds. The molecule has 0 aromatic carbocycles. The van der Waals surface area contributed by atoms with Crippen molar-refractivity contribution in [3.05, 3.63) is 23.0 Å². The van der Waals surface area contributed by atoms with Crippen LogP contribution in [0.25, 0.3) is 0 Å². The first kappa shape index (κ1) is 15.1. The highest BCUT2D eigenvalue weighted by Crippen LogP contribution is 2.44. The van der Waals surface area contributed by atoms with Gasteiger partial charge < -0.3 is 9.67 Å². The van der Waals surface area contributed by atoms with Crippen LogP contribution in [0, 0.1) is 12.3 Å². The van der Waals surface area contributed by atoms with Crippen molar-refractivity contribution in [1.29, 1.82) is 0 Å². The lowest BCUT2D eigenvalue weighted by Gasteiger charge is -2.35. The second-order valence-corrected chi connectivity index (χ2v) is 8.12. The predicted octanol–water partition coefficient (Wildman–Crippen LogP) is 5.09. The molecule has 1 N–H and O–H groups in total. The van der Waals surface area contributed by atoms with Gasteiger partial charge in [-0.1, -0.05) is 46.0 Å². The Hall–Kier alpha value is -0.760. The first-order valence-corrected chi connectivity index (χ1v) is 8.87. The molecule has 3 rings (SSSR count). The van der Waals surface area contributed by atoms with Gasteiger partial charge in [0.2, 0.25) is 0 Å². The summed E-state index contributed by atoms with van der Waals surface area (Å²) >= 11 is 0. The molecule has 1 fully saturated rings. The number of aromatic nitrogens is 1. The van der Waals surface area contributed by atoms with Crippen molar-refractivity contribution in [3.63, 3.8) is 0 Å². The van der Waals surface area contributed by atoms with Gasteiger partial charge >= 0.3 is 0 Å². The van der Waals surface area contributed by atoms with Crippen LogP contribution >= 0.6 is 0 Å². The van der Waals surface area contributed by atoms with Crippen LogP contribution in [-0.2, 0) is 6.42 Å². The van der Waals surface area contributed by atoms with E-state index in [0.29, 0.717) is 6.04 Å². The molecule has 0 bridgehead atoms. The maximum atomic E-state index is 10.5. The summed E-state index contributed by atoms with van der Waals surface area (Å²) in [5.74, 6) is 0. The molecule has 0 radical (unpaired) electrons. The third-order valence-electron chi connectivity index (χ3n) is 5.56. The van der Waals surface area contributed by atoms with Gasteiger partial charge in [-0.05, 0) is 44.1 Å². The fourth-order valence-corrected chi connectivity index (χ4v) is 4.57. The number of aliphatic hydroxyl groups excluding tert-OH is 1. The van der Waals surface area contributed by atoms with Gasteiger partial charge in [0.25, 0.3) is 0 Å². The van der Waals surface area contributed by atoms with Gasteiger partial charge in [-0.2, -0.15) is 0 Å². The maximum Gasteiger partial charge on any atom is 0.0812 e. The topological polar surface area (TPSA) is 25.2 Å². The van der Waals surface area contributed by atoms with Gasteiger partial charge in [0.1, 0.15) is 0 Å². The molecule has 2 aliphatic rings. The van der Waals surface area contributed by atoms with Crippen molar-refractivity contribution < 1.29 is 5.11 Å². The van der Waals surface area contributed by atoms with Crippen LogP contribution in [0.2, 0.25) is 0 Å². The first-order chi connectivity index (χ1) is 9.98. The summed E-state index contributed by atoms with van der Waals surface area (Å²) in [6, 6.07) is 2.92. The number of fused-ring (bicyclic) bond motifs is 1. The minimum absolute atomic E-state index is 0.219. The highest BCUT2D eigenvalue weighted by atomic mass is 16.3. The van der Waals surface area contributed by atoms with Gasteiger partial charge in [-0.25, -0.2) is 0 Å². The zero-order valence-electron chi connectivity index (χ0n) is 14.0. The number of hydrogen-bond acceptors (Lipinski definition) is 1. The molecule has 0 spiro atoms. The van der Waals surface area contributed by atoms with E-state index in [-0.39, 0.29) is 11.5 Å². The minimum Gasteiger partial charge on any atom is -0.388 e. The fourth-order valence-electron chi connectivity index (χ4n) is 4.57. The van der Waals surface area contributed by atoms with E-state index in [0.717, 1.165) is 12.8 Å². The van der Waals surface area contributed by atoms with Gasteiger partial charge in [-0.15, -0.1) is 0 Å². The fraction of sp³-hybridized carbons (Fsp3) is 0.789. The normalized spacial score (nSPS) is 27.0. The van der Waals surface area contributed by atoms with Crippen LogP contribution < -0.4 is 0 Å². The molecule has 2 nitrogen and oxygen atoms in total. The summed E-state index contributed by atoms with van der Waals surface area (Å²) in [6.45, 7) is 6.82. The van der Waals surface area contributed by atoms with Crippen LogP contribution in [-0.4, -0.2) is 9.67 Å². The zero-order valence-corrected chi connectivity index (χ0v) is 14.0. The molecule has 1 saturated carbocycles. The summed E-state index contributed by atoms with van der Waals surface area (Å²) in [5, 5.41) is 10.5. The third-order valence-corrected chi connectivity index (χ3v) is 5.56. The lowest BCUT2D eigenvalue weighted by Crippen LogP contribution is -2.28. The Bertz CT molecular complexity index is 492. The Balaban J connectivity index is 1.95. The van der Waals surface area contributed by atoms with Gasteiger partial charge in [0.05, 0.1) is 6.10 Å². The average molecular weight is 289 g/mol. The van der Waals surface area contributed by atoms with Crippen LogP contribution in [0.1, 0.15) is 94.3 Å². The highest BCUT2D eigenvalue weighted by molar-refractivity contribution is 5.34. The van der Waals surface area contributed by atoms with Crippen LogP contribution in [0.3, 0.4) is 0 Å². The molecule has 1 heterocycles. The van der Waals surface area contributed by atoms with Crippen LogP contribution in [0.5, 0.6) is 0 Å². The molecule has 0 saturated heterocycles. The van der Waals surface area contributed by atoms with E-state index in [9.17, 15) is 5.11 Å². The summed E-state index contributed by atoms with van der Waals surface area (Å²) < 4.78 is 2.60. The monoisotopic (exact) mass is 289 g/mol. The minimum atomic E-state index is -0.266. The predicted molar refractivity (Wildman–Crippen MR) is 87.6 cm³/mol. The summed E-state index contributed by atoms with van der Waals surface area (Å²) in [4.78, 5) is 0. The number of aryl methyl sites for hydroxylation is 1. The third kappa shape index (κ3) is 3.06. The Labute approximate surface area is 129 Å². The van der Waals surface area contributed by atoms with E-state index >= 15 is 0 Å². The number of nitrogens with zero attached hydrogens (tertiary/aromatic N) is 1. The molecule has 1 aromatic rings. The number of aliphatic hydroxyl groups is 1. The largest absolute Gasteiger partial charge is 0.388 e. The molecule has 2 aliphatic carbocycles. The van der Waals surface area contributed by atoms with Crippen molar-refractivity contribution in [2.75, 3.05) is 0 Å². The van der Waals surface area contributed by atoms with E-state index in [4.69, 9.17) is 0 Å². The summed E-state index contributed by atoms with van der Waals surface area (Å²) in [6.07, 6.45) is 11.3. The average Bonchev–Trinajstić information content (AvgIpc) is 2.65. The zero-order chi connectivity index (χ0) is 15.0. The molecule has 21 heavy (non-hydrogen) atoms. The number of rotatable bonds is 1.